The minimum Gasteiger partial charge on any atom is -0.294 e. The number of carbonyl (C=O) groups is 1. The number of benzene rings is 2. The van der Waals surface area contributed by atoms with Gasteiger partial charge in [-0.1, -0.05) is 72.8 Å². The Morgan fingerprint density at radius 2 is 1.50 bits per heavy atom. The molecule has 2 aromatic rings. The number of allylic oxidation sites excluding steroid dienone is 1. The highest BCUT2D eigenvalue weighted by Crippen LogP contribution is 2.07. The van der Waals surface area contributed by atoms with Gasteiger partial charge in [-0.15, -0.1) is 0 Å². The van der Waals surface area contributed by atoms with E-state index in [1.165, 1.54) is 5.56 Å². The van der Waals surface area contributed by atoms with Crippen LogP contribution in [0.3, 0.4) is 0 Å². The second-order valence-electron chi connectivity index (χ2n) is 4.14. The molecule has 90 valence electrons. The molecule has 0 N–H and O–H groups in total. The molecule has 0 aliphatic rings. The Labute approximate surface area is 108 Å². The van der Waals surface area contributed by atoms with Crippen molar-refractivity contribution in [1.29, 1.82) is 0 Å². The molecule has 0 saturated carbocycles. The van der Waals surface area contributed by atoms with E-state index in [1.54, 1.807) is 0 Å². The molecular weight excluding hydrogens is 220 g/mol. The molecule has 0 unspecified atom stereocenters. The molecule has 1 nitrogen and oxygen atoms in total. The zero-order chi connectivity index (χ0) is 12.6. The Morgan fingerprint density at radius 1 is 0.889 bits per heavy atom. The van der Waals surface area contributed by atoms with Crippen LogP contribution in [-0.4, -0.2) is 5.78 Å². The second kappa shape index (κ2) is 6.55. The maximum atomic E-state index is 11.8. The lowest BCUT2D eigenvalue weighted by molar-refractivity contribution is 0.0984. The molecule has 1 heteroatoms. The highest BCUT2D eigenvalue weighted by molar-refractivity contribution is 5.96. The van der Waals surface area contributed by atoms with Gasteiger partial charge < -0.3 is 0 Å². The number of hydrogen-bond acceptors (Lipinski definition) is 1. The van der Waals surface area contributed by atoms with Crippen LogP contribution in [0.4, 0.5) is 0 Å². The van der Waals surface area contributed by atoms with E-state index >= 15 is 0 Å². The molecule has 18 heavy (non-hydrogen) atoms. The Balaban J connectivity index is 1.83. The lowest BCUT2D eigenvalue weighted by atomic mass is 10.1. The molecule has 2 aromatic carbocycles. The average Bonchev–Trinajstić information content (AvgIpc) is 2.45. The summed E-state index contributed by atoms with van der Waals surface area (Å²) >= 11 is 0. The van der Waals surface area contributed by atoms with Gasteiger partial charge in [0.05, 0.1) is 0 Å². The Morgan fingerprint density at radius 3 is 2.17 bits per heavy atom. The molecule has 0 heterocycles. The van der Waals surface area contributed by atoms with E-state index in [4.69, 9.17) is 0 Å². The summed E-state index contributed by atoms with van der Waals surface area (Å²) in [5.74, 6) is 0.202. The fourth-order valence-electron chi connectivity index (χ4n) is 1.77. The number of hydrogen-bond donors (Lipinski definition) is 0. The van der Waals surface area contributed by atoms with E-state index in [0.717, 1.165) is 12.0 Å². The molecule has 0 saturated heterocycles. The van der Waals surface area contributed by atoms with Crippen molar-refractivity contribution in [2.45, 2.75) is 12.8 Å². The predicted octanol–water partition coefficient (Wildman–Crippen LogP) is 4.36. The van der Waals surface area contributed by atoms with Crippen LogP contribution in [-0.2, 0) is 0 Å². The van der Waals surface area contributed by atoms with Crippen LogP contribution in [0.2, 0.25) is 0 Å². The summed E-state index contributed by atoms with van der Waals surface area (Å²) < 4.78 is 0. The zero-order valence-electron chi connectivity index (χ0n) is 10.3. The standard InChI is InChI=1S/C17H16O/c18-17(16-12-5-2-6-13-16)14-8-7-11-15-9-3-1-4-10-15/h1-7,9-13H,8,14H2/b11-7+. The fraction of sp³-hybridized carbons (Fsp3) is 0.118. The first kappa shape index (κ1) is 12.3. The Hall–Kier alpha value is -2.15. The maximum Gasteiger partial charge on any atom is 0.163 e. The van der Waals surface area contributed by atoms with Gasteiger partial charge in [0, 0.05) is 12.0 Å². The first-order valence-electron chi connectivity index (χ1n) is 6.16. The summed E-state index contributed by atoms with van der Waals surface area (Å²) in [4.78, 5) is 11.8. The van der Waals surface area contributed by atoms with Gasteiger partial charge in [-0.2, -0.15) is 0 Å². The largest absolute Gasteiger partial charge is 0.294 e. The minimum atomic E-state index is 0.202. The Bertz CT molecular complexity index is 512. The lowest BCUT2D eigenvalue weighted by Crippen LogP contribution is -1.97. The molecule has 0 bridgehead atoms. The smallest absolute Gasteiger partial charge is 0.163 e. The fourth-order valence-corrected chi connectivity index (χ4v) is 1.77. The summed E-state index contributed by atoms with van der Waals surface area (Å²) in [7, 11) is 0. The average molecular weight is 236 g/mol. The van der Waals surface area contributed by atoms with E-state index in [0.29, 0.717) is 6.42 Å². The molecule has 0 fully saturated rings. The van der Waals surface area contributed by atoms with E-state index < -0.39 is 0 Å². The highest BCUT2D eigenvalue weighted by Gasteiger charge is 2.02. The maximum absolute atomic E-state index is 11.8. The SMILES string of the molecule is O=C(CC/C=C/c1ccccc1)c1ccccc1. The van der Waals surface area contributed by atoms with Crippen LogP contribution in [0.25, 0.3) is 6.08 Å². The van der Waals surface area contributed by atoms with Crippen molar-refractivity contribution in [3.05, 3.63) is 77.9 Å². The van der Waals surface area contributed by atoms with Crippen LogP contribution in [0.15, 0.2) is 66.7 Å². The second-order valence-corrected chi connectivity index (χ2v) is 4.14. The topological polar surface area (TPSA) is 17.1 Å². The summed E-state index contributed by atoms with van der Waals surface area (Å²) in [6, 6.07) is 19.6. The van der Waals surface area contributed by atoms with Gasteiger partial charge >= 0.3 is 0 Å². The third-order valence-corrected chi connectivity index (χ3v) is 2.74. The van der Waals surface area contributed by atoms with Crippen molar-refractivity contribution in [2.24, 2.45) is 0 Å². The summed E-state index contributed by atoms with van der Waals surface area (Å²) in [6.45, 7) is 0. The van der Waals surface area contributed by atoms with Crippen molar-refractivity contribution in [2.75, 3.05) is 0 Å². The number of Topliss-reactive ketones (excluding diaryl/α,β-unsaturated/α-hetero) is 1. The van der Waals surface area contributed by atoms with Crippen LogP contribution in [0.1, 0.15) is 28.8 Å². The summed E-state index contributed by atoms with van der Waals surface area (Å²) in [6.07, 6.45) is 5.45. The lowest BCUT2D eigenvalue weighted by Gasteiger charge is -1.97. The molecule has 0 spiro atoms. The number of rotatable bonds is 5. The van der Waals surface area contributed by atoms with Crippen molar-refractivity contribution in [1.82, 2.24) is 0 Å². The van der Waals surface area contributed by atoms with Crippen LogP contribution in [0.5, 0.6) is 0 Å². The first-order chi connectivity index (χ1) is 8.86. The third kappa shape index (κ3) is 3.70. The van der Waals surface area contributed by atoms with E-state index in [1.807, 2.05) is 48.5 Å². The van der Waals surface area contributed by atoms with Gasteiger partial charge in [-0.25, -0.2) is 0 Å². The van der Waals surface area contributed by atoms with Crippen molar-refractivity contribution in [3.8, 4) is 0 Å². The molecule has 0 aromatic heterocycles. The molecule has 0 amide bonds. The van der Waals surface area contributed by atoms with Gasteiger partial charge in [-0.05, 0) is 12.0 Å². The Kier molecular flexibility index (Phi) is 4.48. The molecule has 0 aliphatic heterocycles. The van der Waals surface area contributed by atoms with Crippen LogP contribution < -0.4 is 0 Å². The first-order valence-corrected chi connectivity index (χ1v) is 6.16. The van der Waals surface area contributed by atoms with E-state index in [-0.39, 0.29) is 5.78 Å². The quantitative estimate of drug-likeness (QED) is 0.705. The van der Waals surface area contributed by atoms with Crippen molar-refractivity contribution >= 4 is 11.9 Å². The third-order valence-electron chi connectivity index (χ3n) is 2.74. The molecule has 0 radical (unpaired) electrons. The van der Waals surface area contributed by atoms with E-state index in [2.05, 4.69) is 24.3 Å². The van der Waals surface area contributed by atoms with Gasteiger partial charge in [0.25, 0.3) is 0 Å². The summed E-state index contributed by atoms with van der Waals surface area (Å²) in [5.41, 5.74) is 1.97. The van der Waals surface area contributed by atoms with Crippen LogP contribution in [0, 0.1) is 0 Å². The van der Waals surface area contributed by atoms with Gasteiger partial charge in [0.1, 0.15) is 0 Å². The van der Waals surface area contributed by atoms with Crippen molar-refractivity contribution in [3.63, 3.8) is 0 Å². The molecular formula is C17H16O. The predicted molar refractivity (Wildman–Crippen MR) is 75.5 cm³/mol. The molecule has 0 atom stereocenters. The zero-order valence-corrected chi connectivity index (χ0v) is 10.3. The van der Waals surface area contributed by atoms with Gasteiger partial charge in [0.2, 0.25) is 0 Å². The minimum absolute atomic E-state index is 0.202. The normalized spacial score (nSPS) is 10.7. The molecule has 0 aliphatic carbocycles. The molecule has 2 rings (SSSR count). The van der Waals surface area contributed by atoms with Gasteiger partial charge in [-0.3, -0.25) is 4.79 Å². The van der Waals surface area contributed by atoms with E-state index in [9.17, 15) is 4.79 Å². The number of ketones is 1. The monoisotopic (exact) mass is 236 g/mol. The van der Waals surface area contributed by atoms with Gasteiger partial charge in [0.15, 0.2) is 5.78 Å². The summed E-state index contributed by atoms with van der Waals surface area (Å²) in [5, 5.41) is 0. The number of carbonyl (C=O) groups excluding carboxylic acids is 1. The van der Waals surface area contributed by atoms with Crippen LogP contribution >= 0.6 is 0 Å². The van der Waals surface area contributed by atoms with Crippen molar-refractivity contribution < 1.29 is 4.79 Å². The highest BCUT2D eigenvalue weighted by atomic mass is 16.1.